The number of alkyl halides is 2. The molecule has 47 heavy (non-hydrogen) atoms. The Balaban J connectivity index is 1.14. The number of benzene rings is 3. The molecule has 3 aromatic carbocycles. The zero-order valence-electron chi connectivity index (χ0n) is 26.4. The predicted molar refractivity (Wildman–Crippen MR) is 163 cm³/mol. The molecular weight excluding hydrogens is 628 g/mol. The highest BCUT2D eigenvalue weighted by Crippen LogP contribution is 2.43. The number of rotatable bonds is 12. The highest BCUT2D eigenvalue weighted by atomic mass is 19.3. The topological polar surface area (TPSA) is 18.5 Å². The van der Waals surface area contributed by atoms with Gasteiger partial charge in [0.15, 0.2) is 29.0 Å². The predicted octanol–water partition coefficient (Wildman–Crippen LogP) is 11.9. The molecule has 2 saturated carbocycles. The maximum atomic E-state index is 14.9. The second-order valence-electron chi connectivity index (χ2n) is 13.1. The second kappa shape index (κ2) is 15.3. The lowest BCUT2D eigenvalue weighted by Gasteiger charge is -2.38. The standard InChI is InChI=1S/C37H40F8O2/c1-2-3-4-5-22-6-10-24(11-7-22)25-12-8-23(9-13-25)21-46-33-17-16-29(34(41)36(33)43)37(44,45)47-27-14-15-28(30(38)20-27)26-18-31(39)35(42)32(40)19-26/h14-20,22-25H,2-13,21H2,1H3. The first-order chi connectivity index (χ1) is 22.5. The van der Waals surface area contributed by atoms with E-state index in [1.165, 1.54) is 51.4 Å². The summed E-state index contributed by atoms with van der Waals surface area (Å²) in [6.45, 7) is 2.38. The van der Waals surface area contributed by atoms with Crippen LogP contribution in [0.15, 0.2) is 42.5 Å². The van der Waals surface area contributed by atoms with E-state index in [9.17, 15) is 35.1 Å². The molecule has 0 aliphatic heterocycles. The fraction of sp³-hybridized carbons (Fsp3) is 0.514. The lowest BCUT2D eigenvalue weighted by atomic mass is 9.69. The van der Waals surface area contributed by atoms with Crippen molar-refractivity contribution in [3.63, 3.8) is 0 Å². The first-order valence-electron chi connectivity index (χ1n) is 16.6. The summed E-state index contributed by atoms with van der Waals surface area (Å²) >= 11 is 0. The first-order valence-corrected chi connectivity index (χ1v) is 16.6. The fourth-order valence-corrected chi connectivity index (χ4v) is 7.24. The van der Waals surface area contributed by atoms with Crippen LogP contribution < -0.4 is 9.47 Å². The molecule has 2 aliphatic carbocycles. The molecule has 0 N–H and O–H groups in total. The van der Waals surface area contributed by atoms with Gasteiger partial charge in [0, 0.05) is 11.6 Å². The molecule has 0 aromatic heterocycles. The monoisotopic (exact) mass is 668 g/mol. The van der Waals surface area contributed by atoms with Gasteiger partial charge in [-0.2, -0.15) is 13.2 Å². The molecule has 0 radical (unpaired) electrons. The molecule has 0 saturated heterocycles. The lowest BCUT2D eigenvalue weighted by Crippen LogP contribution is -2.27. The van der Waals surface area contributed by atoms with Crippen molar-refractivity contribution in [1.82, 2.24) is 0 Å². The number of unbranched alkanes of at least 4 members (excludes halogenated alkanes) is 2. The van der Waals surface area contributed by atoms with E-state index in [4.69, 9.17) is 4.74 Å². The summed E-state index contributed by atoms with van der Waals surface area (Å²) in [7, 11) is 0. The molecule has 2 aliphatic rings. The smallest absolute Gasteiger partial charge is 0.429 e. The Labute approximate surface area is 270 Å². The van der Waals surface area contributed by atoms with Gasteiger partial charge in [0.1, 0.15) is 17.1 Å². The van der Waals surface area contributed by atoms with Crippen LogP contribution in [0.1, 0.15) is 89.5 Å². The van der Waals surface area contributed by atoms with Crippen LogP contribution in [0.3, 0.4) is 0 Å². The van der Waals surface area contributed by atoms with Gasteiger partial charge in [-0.1, -0.05) is 45.4 Å². The third-order valence-corrected chi connectivity index (χ3v) is 9.98. The quantitative estimate of drug-likeness (QED) is 0.109. The van der Waals surface area contributed by atoms with Crippen molar-refractivity contribution in [2.45, 2.75) is 90.1 Å². The van der Waals surface area contributed by atoms with Gasteiger partial charge in [0.2, 0.25) is 5.82 Å². The van der Waals surface area contributed by atoms with Crippen molar-refractivity contribution in [2.75, 3.05) is 6.61 Å². The Morgan fingerprint density at radius 3 is 1.87 bits per heavy atom. The second-order valence-corrected chi connectivity index (χ2v) is 13.1. The van der Waals surface area contributed by atoms with Gasteiger partial charge in [-0.15, -0.1) is 0 Å². The van der Waals surface area contributed by atoms with Crippen molar-refractivity contribution >= 4 is 0 Å². The Hall–Kier alpha value is -3.30. The Bertz CT molecular complexity index is 1490. The molecule has 0 unspecified atom stereocenters. The highest BCUT2D eigenvalue weighted by molar-refractivity contribution is 5.65. The zero-order chi connectivity index (χ0) is 33.7. The SMILES string of the molecule is CCCCCC1CCC(C2CCC(COc3ccc(C(F)(F)Oc4ccc(-c5cc(F)c(F)c(F)c5)c(F)c4)c(F)c3F)CC2)CC1. The largest absolute Gasteiger partial charge is 0.490 e. The molecule has 2 nitrogen and oxygen atoms in total. The number of hydrogen-bond acceptors (Lipinski definition) is 2. The average Bonchev–Trinajstić information content (AvgIpc) is 3.04. The minimum atomic E-state index is -4.42. The number of ether oxygens (including phenoxy) is 2. The molecule has 0 heterocycles. The third-order valence-electron chi connectivity index (χ3n) is 9.98. The number of hydrogen-bond donors (Lipinski definition) is 0. The van der Waals surface area contributed by atoms with E-state index in [0.29, 0.717) is 30.2 Å². The van der Waals surface area contributed by atoms with Gasteiger partial charge < -0.3 is 9.47 Å². The van der Waals surface area contributed by atoms with E-state index in [-0.39, 0.29) is 18.1 Å². The molecule has 10 heteroatoms. The van der Waals surface area contributed by atoms with Crippen LogP contribution in [-0.4, -0.2) is 6.61 Å². The van der Waals surface area contributed by atoms with Crippen LogP contribution in [0.4, 0.5) is 35.1 Å². The molecule has 5 rings (SSSR count). The zero-order valence-corrected chi connectivity index (χ0v) is 26.4. The van der Waals surface area contributed by atoms with Gasteiger partial charge in [-0.25, -0.2) is 22.0 Å². The van der Waals surface area contributed by atoms with Gasteiger partial charge in [0.25, 0.3) is 0 Å². The van der Waals surface area contributed by atoms with E-state index in [0.717, 1.165) is 55.7 Å². The summed E-state index contributed by atoms with van der Waals surface area (Å²) in [6.07, 6.45) is 9.96. The maximum Gasteiger partial charge on any atom is 0.429 e. The summed E-state index contributed by atoms with van der Waals surface area (Å²) in [5.74, 6) is -8.36. The number of halogens is 8. The normalized spacial score (nSPS) is 21.9. The van der Waals surface area contributed by atoms with Gasteiger partial charge in [0.05, 0.1) is 6.61 Å². The molecule has 0 atom stereocenters. The van der Waals surface area contributed by atoms with E-state index < -0.39 is 63.6 Å². The van der Waals surface area contributed by atoms with Crippen LogP contribution in [0, 0.1) is 58.6 Å². The molecule has 2 fully saturated rings. The average molecular weight is 669 g/mol. The van der Waals surface area contributed by atoms with Crippen molar-refractivity contribution < 1.29 is 44.6 Å². The summed E-state index contributed by atoms with van der Waals surface area (Å²) in [5.41, 5.74) is -2.23. The van der Waals surface area contributed by atoms with Gasteiger partial charge >= 0.3 is 6.11 Å². The van der Waals surface area contributed by atoms with E-state index >= 15 is 0 Å². The highest BCUT2D eigenvalue weighted by Gasteiger charge is 2.40. The molecule has 0 bridgehead atoms. The van der Waals surface area contributed by atoms with Crippen LogP contribution in [-0.2, 0) is 6.11 Å². The van der Waals surface area contributed by atoms with E-state index in [1.54, 1.807) is 0 Å². The Morgan fingerprint density at radius 1 is 0.660 bits per heavy atom. The Kier molecular flexibility index (Phi) is 11.4. The minimum absolute atomic E-state index is 0.146. The van der Waals surface area contributed by atoms with Gasteiger partial charge in [-0.3, -0.25) is 0 Å². The molecule has 0 amide bonds. The summed E-state index contributed by atoms with van der Waals surface area (Å²) in [6, 6.07) is 4.87. The molecular formula is C37H40F8O2. The van der Waals surface area contributed by atoms with Crippen molar-refractivity contribution in [1.29, 1.82) is 0 Å². The van der Waals surface area contributed by atoms with E-state index in [2.05, 4.69) is 11.7 Å². The van der Waals surface area contributed by atoms with Crippen molar-refractivity contribution in [3.05, 3.63) is 82.9 Å². The van der Waals surface area contributed by atoms with Crippen molar-refractivity contribution in [3.8, 4) is 22.6 Å². The molecule has 0 spiro atoms. The third kappa shape index (κ3) is 8.41. The van der Waals surface area contributed by atoms with Crippen LogP contribution >= 0.6 is 0 Å². The lowest BCUT2D eigenvalue weighted by molar-refractivity contribution is -0.187. The summed E-state index contributed by atoms with van der Waals surface area (Å²) in [5, 5.41) is 0. The maximum absolute atomic E-state index is 14.9. The summed E-state index contributed by atoms with van der Waals surface area (Å²) < 4.78 is 125. The van der Waals surface area contributed by atoms with E-state index in [1.807, 2.05) is 0 Å². The van der Waals surface area contributed by atoms with Crippen LogP contribution in [0.2, 0.25) is 0 Å². The van der Waals surface area contributed by atoms with Crippen LogP contribution in [0.25, 0.3) is 11.1 Å². The van der Waals surface area contributed by atoms with Crippen LogP contribution in [0.5, 0.6) is 11.5 Å². The minimum Gasteiger partial charge on any atom is -0.490 e. The summed E-state index contributed by atoms with van der Waals surface area (Å²) in [4.78, 5) is 0. The van der Waals surface area contributed by atoms with Crippen molar-refractivity contribution in [2.24, 2.45) is 23.7 Å². The Morgan fingerprint density at radius 2 is 1.28 bits per heavy atom. The fourth-order valence-electron chi connectivity index (χ4n) is 7.24. The molecule has 3 aromatic rings. The van der Waals surface area contributed by atoms with Gasteiger partial charge in [-0.05, 0) is 104 Å². The molecule has 256 valence electrons. The first kappa shape index (κ1) is 35.0.